The zero-order valence-electron chi connectivity index (χ0n) is 9.99. The Morgan fingerprint density at radius 1 is 1.39 bits per heavy atom. The van der Waals surface area contributed by atoms with Gasteiger partial charge >= 0.3 is 0 Å². The summed E-state index contributed by atoms with van der Waals surface area (Å²) < 4.78 is 1.09. The Kier molecular flexibility index (Phi) is 2.85. The molecule has 0 aliphatic carbocycles. The monoisotopic (exact) mass is 259 g/mol. The average molecular weight is 259 g/mol. The number of amides is 1. The minimum absolute atomic E-state index is 0.0504. The van der Waals surface area contributed by atoms with Gasteiger partial charge in [0.25, 0.3) is 5.91 Å². The smallest absolute Gasteiger partial charge is 0.253 e. The number of rotatable bonds is 2. The lowest BCUT2D eigenvalue weighted by molar-refractivity contribution is -0.112. The van der Waals surface area contributed by atoms with Crippen LogP contribution in [0.4, 0.5) is 5.13 Å². The Balaban J connectivity index is 1.81. The van der Waals surface area contributed by atoms with Gasteiger partial charge in [0.1, 0.15) is 0 Å². The Morgan fingerprint density at radius 2 is 2.17 bits per heavy atom. The highest BCUT2D eigenvalue weighted by molar-refractivity contribution is 7.22. The summed E-state index contributed by atoms with van der Waals surface area (Å²) in [5, 5.41) is 6.66. The molecule has 4 nitrogen and oxygen atoms in total. The Morgan fingerprint density at radius 3 is 2.83 bits per heavy atom. The molecule has 0 spiro atoms. The molecule has 0 atom stereocenters. The van der Waals surface area contributed by atoms with Crippen molar-refractivity contribution in [1.82, 2.24) is 10.3 Å². The lowest BCUT2D eigenvalue weighted by Gasteiger charge is -2.21. The Bertz CT molecular complexity index is 605. The van der Waals surface area contributed by atoms with Crippen LogP contribution in [-0.2, 0) is 4.79 Å². The van der Waals surface area contributed by atoms with Gasteiger partial charge in [-0.2, -0.15) is 0 Å². The molecule has 5 heteroatoms. The van der Waals surface area contributed by atoms with Crippen LogP contribution in [0.3, 0.4) is 0 Å². The predicted molar refractivity (Wildman–Crippen MR) is 73.8 cm³/mol. The van der Waals surface area contributed by atoms with Crippen LogP contribution in [0.5, 0.6) is 0 Å². The Hall–Kier alpha value is -1.72. The van der Waals surface area contributed by atoms with Crippen molar-refractivity contribution in [3.05, 3.63) is 35.4 Å². The van der Waals surface area contributed by atoms with Crippen molar-refractivity contribution >= 4 is 32.6 Å². The van der Waals surface area contributed by atoms with Crippen molar-refractivity contribution in [3.8, 4) is 0 Å². The second-order valence-corrected chi connectivity index (χ2v) is 5.30. The van der Waals surface area contributed by atoms with Crippen LogP contribution < -0.4 is 10.6 Å². The normalized spacial score (nSPS) is 14.4. The van der Waals surface area contributed by atoms with Gasteiger partial charge in [-0.05, 0) is 24.6 Å². The van der Waals surface area contributed by atoms with E-state index in [9.17, 15) is 4.79 Å². The van der Waals surface area contributed by atoms with Gasteiger partial charge < -0.3 is 5.32 Å². The molecule has 1 aromatic heterocycles. The van der Waals surface area contributed by atoms with E-state index in [2.05, 4.69) is 15.6 Å². The van der Waals surface area contributed by atoms with Gasteiger partial charge in [0, 0.05) is 18.7 Å². The number of benzene rings is 1. The molecule has 1 saturated heterocycles. The average Bonchev–Trinajstić information content (AvgIpc) is 2.68. The van der Waals surface area contributed by atoms with E-state index in [1.54, 1.807) is 0 Å². The number of nitrogens with zero attached hydrogens (tertiary/aromatic N) is 1. The van der Waals surface area contributed by atoms with Gasteiger partial charge in [0.15, 0.2) is 5.13 Å². The zero-order valence-corrected chi connectivity index (χ0v) is 10.8. The lowest BCUT2D eigenvalue weighted by Crippen LogP contribution is -2.36. The number of hydrogen-bond acceptors (Lipinski definition) is 4. The Labute approximate surface area is 109 Å². The summed E-state index contributed by atoms with van der Waals surface area (Å²) in [5.74, 6) is -0.0504. The fraction of sp³-hybridized carbons (Fsp3) is 0.231. The number of anilines is 1. The molecule has 0 saturated carbocycles. The molecule has 0 bridgehead atoms. The summed E-state index contributed by atoms with van der Waals surface area (Å²) in [6.07, 6.45) is 0. The van der Waals surface area contributed by atoms with Crippen molar-refractivity contribution in [3.63, 3.8) is 0 Å². The quantitative estimate of drug-likeness (QED) is 0.813. The predicted octanol–water partition coefficient (Wildman–Crippen LogP) is 2.15. The van der Waals surface area contributed by atoms with E-state index in [-0.39, 0.29) is 5.91 Å². The van der Waals surface area contributed by atoms with Gasteiger partial charge in [-0.1, -0.05) is 23.5 Å². The second kappa shape index (κ2) is 4.51. The van der Waals surface area contributed by atoms with Crippen molar-refractivity contribution < 1.29 is 4.79 Å². The van der Waals surface area contributed by atoms with E-state index in [1.807, 2.05) is 31.2 Å². The number of fused-ring (bicyclic) bond motifs is 1. The van der Waals surface area contributed by atoms with E-state index in [0.717, 1.165) is 28.9 Å². The number of carbonyl (C=O) groups excluding carboxylic acids is 1. The number of carbonyl (C=O) groups is 1. The van der Waals surface area contributed by atoms with Crippen molar-refractivity contribution in [2.45, 2.75) is 6.92 Å². The number of hydrogen-bond donors (Lipinski definition) is 2. The molecule has 1 amide bonds. The molecular formula is C13H13N3OS. The second-order valence-electron chi connectivity index (χ2n) is 4.27. The van der Waals surface area contributed by atoms with Crippen LogP contribution in [0.15, 0.2) is 35.4 Å². The van der Waals surface area contributed by atoms with Crippen LogP contribution in [0.1, 0.15) is 6.92 Å². The third-order valence-corrected chi connectivity index (χ3v) is 4.01. The molecule has 1 aromatic carbocycles. The molecule has 0 unspecified atom stereocenters. The van der Waals surface area contributed by atoms with Crippen molar-refractivity contribution in [1.29, 1.82) is 0 Å². The highest BCUT2D eigenvalue weighted by atomic mass is 32.1. The molecule has 1 aliphatic rings. The first-order chi connectivity index (χ1) is 8.74. The van der Waals surface area contributed by atoms with E-state index in [0.29, 0.717) is 5.13 Å². The highest BCUT2D eigenvalue weighted by Crippen LogP contribution is 2.25. The highest BCUT2D eigenvalue weighted by Gasteiger charge is 2.17. The molecule has 18 heavy (non-hydrogen) atoms. The van der Waals surface area contributed by atoms with E-state index >= 15 is 0 Å². The summed E-state index contributed by atoms with van der Waals surface area (Å²) >= 11 is 1.50. The summed E-state index contributed by atoms with van der Waals surface area (Å²) in [6, 6.07) is 7.87. The third kappa shape index (κ3) is 2.02. The maximum Gasteiger partial charge on any atom is 0.253 e. The van der Waals surface area contributed by atoms with Crippen molar-refractivity contribution in [2.75, 3.05) is 18.4 Å². The maximum atomic E-state index is 12.0. The summed E-state index contributed by atoms with van der Waals surface area (Å²) in [6.45, 7) is 3.50. The van der Waals surface area contributed by atoms with Gasteiger partial charge in [-0.3, -0.25) is 10.1 Å². The molecule has 1 aliphatic heterocycles. The summed E-state index contributed by atoms with van der Waals surface area (Å²) in [5.41, 5.74) is 2.90. The standard InChI is InChI=1S/C13H13N3OS/c1-8(9-6-14-7-9)12(17)16-13-15-10-4-2-3-5-11(10)18-13/h2-5,14H,6-7H2,1H3,(H,15,16,17). The first-order valence-electron chi connectivity index (χ1n) is 5.80. The van der Waals surface area contributed by atoms with E-state index < -0.39 is 0 Å². The van der Waals surface area contributed by atoms with Gasteiger partial charge in [0.05, 0.1) is 10.2 Å². The topological polar surface area (TPSA) is 54.0 Å². The van der Waals surface area contributed by atoms with Crippen molar-refractivity contribution in [2.24, 2.45) is 0 Å². The van der Waals surface area contributed by atoms with E-state index in [4.69, 9.17) is 0 Å². The minimum atomic E-state index is -0.0504. The number of para-hydroxylation sites is 1. The first-order valence-corrected chi connectivity index (χ1v) is 6.62. The van der Waals surface area contributed by atoms with Gasteiger partial charge in [0.2, 0.25) is 0 Å². The molecule has 2 N–H and O–H groups in total. The van der Waals surface area contributed by atoms with Gasteiger partial charge in [-0.25, -0.2) is 4.98 Å². The lowest BCUT2D eigenvalue weighted by atomic mass is 10.0. The molecule has 0 radical (unpaired) electrons. The van der Waals surface area contributed by atoms with Crippen LogP contribution in [-0.4, -0.2) is 24.0 Å². The molecular weight excluding hydrogens is 246 g/mol. The number of thiazole rings is 1. The molecule has 1 fully saturated rings. The van der Waals surface area contributed by atoms with Crippen LogP contribution in [0, 0.1) is 0 Å². The molecule has 2 aromatic rings. The minimum Gasteiger partial charge on any atom is -0.309 e. The number of aromatic nitrogens is 1. The maximum absolute atomic E-state index is 12.0. The van der Waals surface area contributed by atoms with Crippen LogP contribution in [0.25, 0.3) is 10.2 Å². The first kappa shape index (κ1) is 11.4. The SMILES string of the molecule is CC(C(=O)Nc1nc2ccccc2s1)=C1CNC1. The van der Waals surface area contributed by atoms with E-state index in [1.165, 1.54) is 16.9 Å². The molecule has 2 heterocycles. The van der Waals surface area contributed by atoms with Crippen LogP contribution >= 0.6 is 11.3 Å². The summed E-state index contributed by atoms with van der Waals surface area (Å²) in [4.78, 5) is 16.4. The fourth-order valence-corrected chi connectivity index (χ4v) is 2.65. The van der Waals surface area contributed by atoms with Gasteiger partial charge in [-0.15, -0.1) is 0 Å². The van der Waals surface area contributed by atoms with Crippen LogP contribution in [0.2, 0.25) is 0 Å². The third-order valence-electron chi connectivity index (χ3n) is 3.06. The number of nitrogens with one attached hydrogen (secondary N) is 2. The molecule has 3 rings (SSSR count). The summed E-state index contributed by atoms with van der Waals surface area (Å²) in [7, 11) is 0. The fourth-order valence-electron chi connectivity index (χ4n) is 1.79. The molecule has 92 valence electrons. The zero-order chi connectivity index (χ0) is 12.5. The largest absolute Gasteiger partial charge is 0.309 e.